The zero-order valence-electron chi connectivity index (χ0n) is 17.2. The van der Waals surface area contributed by atoms with Gasteiger partial charge in [0.05, 0.1) is 11.3 Å². The van der Waals surface area contributed by atoms with Crippen LogP contribution >= 0.6 is 22.9 Å². The second-order valence-electron chi connectivity index (χ2n) is 6.64. The van der Waals surface area contributed by atoms with E-state index in [1.165, 1.54) is 18.3 Å². The number of anilines is 2. The largest absolute Gasteiger partial charge is 0.482 e. The molecule has 0 bridgehead atoms. The molecule has 3 rings (SSSR count). The lowest BCUT2D eigenvalue weighted by atomic mass is 10.1. The summed E-state index contributed by atoms with van der Waals surface area (Å²) in [6.07, 6.45) is 0. The number of hydrogen-bond donors (Lipinski definition) is 2. The van der Waals surface area contributed by atoms with Crippen molar-refractivity contribution in [3.63, 3.8) is 0 Å². The first kappa shape index (κ1) is 22.6. The van der Waals surface area contributed by atoms with Crippen LogP contribution in [0.1, 0.15) is 29.8 Å². The Kier molecular flexibility index (Phi) is 7.14. The predicted octanol–water partition coefficient (Wildman–Crippen LogP) is 5.02. The van der Waals surface area contributed by atoms with Crippen LogP contribution in [0.4, 0.5) is 10.7 Å². The maximum atomic E-state index is 12.5. The predicted molar refractivity (Wildman–Crippen MR) is 122 cm³/mol. The molecule has 0 aliphatic carbocycles. The van der Waals surface area contributed by atoms with Gasteiger partial charge in [0.1, 0.15) is 16.3 Å². The number of rotatable bonds is 7. The van der Waals surface area contributed by atoms with Gasteiger partial charge in [-0.2, -0.15) is 0 Å². The van der Waals surface area contributed by atoms with Gasteiger partial charge in [-0.05, 0) is 37.6 Å². The number of nitrogens with one attached hydrogen (secondary N) is 2. The van der Waals surface area contributed by atoms with Gasteiger partial charge >= 0.3 is 5.97 Å². The molecule has 0 saturated carbocycles. The molecule has 0 radical (unpaired) electrons. The summed E-state index contributed by atoms with van der Waals surface area (Å²) in [5.41, 5.74) is 1.61. The van der Waals surface area contributed by atoms with Crippen LogP contribution in [-0.4, -0.2) is 31.0 Å². The van der Waals surface area contributed by atoms with Gasteiger partial charge in [-0.1, -0.05) is 29.8 Å². The first-order chi connectivity index (χ1) is 14.8. The molecule has 2 amide bonds. The molecular weight excluding hydrogens is 440 g/mol. The number of esters is 1. The Morgan fingerprint density at radius 1 is 1.13 bits per heavy atom. The maximum Gasteiger partial charge on any atom is 0.341 e. The van der Waals surface area contributed by atoms with Gasteiger partial charge in [0, 0.05) is 23.0 Å². The number of ether oxygens (including phenoxy) is 2. The number of fused-ring (bicyclic) bond motifs is 1. The third kappa shape index (κ3) is 5.34. The SMILES string of the molecule is CCOC(=O)c1c(NC(C)=O)sc2c(OCC(=O)Nc3cccc(Cl)c3)c(C)ccc12. The third-order valence-corrected chi connectivity index (χ3v) is 5.59. The van der Waals surface area contributed by atoms with E-state index in [2.05, 4.69) is 10.6 Å². The zero-order chi connectivity index (χ0) is 22.5. The van der Waals surface area contributed by atoms with Crippen molar-refractivity contribution in [2.45, 2.75) is 20.8 Å². The summed E-state index contributed by atoms with van der Waals surface area (Å²) in [7, 11) is 0. The number of thiophene rings is 1. The van der Waals surface area contributed by atoms with Crippen LogP contribution in [0.5, 0.6) is 5.75 Å². The number of aryl methyl sites for hydroxylation is 1. The van der Waals surface area contributed by atoms with Gasteiger partial charge < -0.3 is 20.1 Å². The molecule has 1 heterocycles. The lowest BCUT2D eigenvalue weighted by Crippen LogP contribution is -2.20. The Labute approximate surface area is 188 Å². The van der Waals surface area contributed by atoms with Crippen LogP contribution in [0.15, 0.2) is 36.4 Å². The summed E-state index contributed by atoms with van der Waals surface area (Å²) in [6.45, 7) is 4.87. The molecule has 0 aliphatic heterocycles. The van der Waals surface area contributed by atoms with Crippen LogP contribution in [0.2, 0.25) is 5.02 Å². The average Bonchev–Trinajstić information content (AvgIpc) is 3.04. The molecule has 0 unspecified atom stereocenters. The molecule has 9 heteroatoms. The van der Waals surface area contributed by atoms with E-state index in [9.17, 15) is 14.4 Å². The third-order valence-electron chi connectivity index (χ3n) is 4.23. The van der Waals surface area contributed by atoms with E-state index in [4.69, 9.17) is 21.1 Å². The standard InChI is InChI=1S/C22H21ClN2O5S/c1-4-29-22(28)18-16-9-8-12(2)19(20(16)31-21(18)24-13(3)26)30-11-17(27)25-15-7-5-6-14(23)10-15/h5-10H,4,11H2,1-3H3,(H,24,26)(H,25,27). The van der Waals surface area contributed by atoms with Crippen molar-refractivity contribution >= 4 is 61.5 Å². The monoisotopic (exact) mass is 460 g/mol. The second kappa shape index (κ2) is 9.80. The topological polar surface area (TPSA) is 93.7 Å². The summed E-state index contributed by atoms with van der Waals surface area (Å²) in [5, 5.41) is 6.88. The van der Waals surface area contributed by atoms with E-state index in [1.54, 1.807) is 43.3 Å². The van der Waals surface area contributed by atoms with Crippen molar-refractivity contribution in [2.24, 2.45) is 0 Å². The lowest BCUT2D eigenvalue weighted by Gasteiger charge is -2.11. The van der Waals surface area contributed by atoms with Gasteiger partial charge in [-0.25, -0.2) is 4.79 Å². The Morgan fingerprint density at radius 3 is 2.58 bits per heavy atom. The highest BCUT2D eigenvalue weighted by Gasteiger charge is 2.24. The van der Waals surface area contributed by atoms with Gasteiger partial charge in [0.25, 0.3) is 5.91 Å². The molecule has 31 heavy (non-hydrogen) atoms. The Balaban J connectivity index is 1.91. The van der Waals surface area contributed by atoms with Crippen molar-refractivity contribution in [3.05, 3.63) is 52.5 Å². The summed E-state index contributed by atoms with van der Waals surface area (Å²) < 4.78 is 11.6. The van der Waals surface area contributed by atoms with Gasteiger partial charge in [0.2, 0.25) is 5.91 Å². The number of benzene rings is 2. The van der Waals surface area contributed by atoms with E-state index in [-0.39, 0.29) is 30.6 Å². The maximum absolute atomic E-state index is 12.5. The Hall–Kier alpha value is -3.10. The summed E-state index contributed by atoms with van der Waals surface area (Å²) in [5.74, 6) is -0.739. The minimum absolute atomic E-state index is 0.203. The normalized spacial score (nSPS) is 10.6. The Bertz CT molecular complexity index is 1160. The number of hydrogen-bond acceptors (Lipinski definition) is 6. The first-order valence-corrected chi connectivity index (χ1v) is 10.7. The number of carbonyl (C=O) groups is 3. The van der Waals surface area contributed by atoms with E-state index in [0.717, 1.165) is 5.56 Å². The number of halogens is 1. The molecule has 2 N–H and O–H groups in total. The molecule has 7 nitrogen and oxygen atoms in total. The minimum atomic E-state index is -0.536. The number of amides is 2. The highest BCUT2D eigenvalue weighted by Crippen LogP contribution is 2.42. The lowest BCUT2D eigenvalue weighted by molar-refractivity contribution is -0.118. The molecule has 0 aliphatic rings. The quantitative estimate of drug-likeness (QED) is 0.483. The zero-order valence-corrected chi connectivity index (χ0v) is 18.8. The molecule has 1 aromatic heterocycles. The van der Waals surface area contributed by atoms with Gasteiger partial charge in [0.15, 0.2) is 6.61 Å². The summed E-state index contributed by atoms with van der Waals surface area (Å²) in [4.78, 5) is 36.5. The van der Waals surface area contributed by atoms with E-state index >= 15 is 0 Å². The van der Waals surface area contributed by atoms with Crippen LogP contribution in [0.3, 0.4) is 0 Å². The second-order valence-corrected chi connectivity index (χ2v) is 8.10. The molecule has 0 spiro atoms. The molecule has 162 valence electrons. The van der Waals surface area contributed by atoms with E-state index < -0.39 is 5.97 Å². The smallest absolute Gasteiger partial charge is 0.341 e. The molecule has 0 atom stereocenters. The van der Waals surface area contributed by atoms with Crippen molar-refractivity contribution < 1.29 is 23.9 Å². The first-order valence-electron chi connectivity index (χ1n) is 9.49. The summed E-state index contributed by atoms with van der Waals surface area (Å²) in [6, 6.07) is 10.4. The average molecular weight is 461 g/mol. The van der Waals surface area contributed by atoms with Crippen molar-refractivity contribution in [2.75, 3.05) is 23.8 Å². The molecule has 0 fully saturated rings. The van der Waals surface area contributed by atoms with Crippen LogP contribution in [0.25, 0.3) is 10.1 Å². The van der Waals surface area contributed by atoms with Crippen LogP contribution in [0, 0.1) is 6.92 Å². The van der Waals surface area contributed by atoms with Gasteiger partial charge in [-0.15, -0.1) is 11.3 Å². The van der Waals surface area contributed by atoms with E-state index in [1.807, 2.05) is 6.92 Å². The van der Waals surface area contributed by atoms with Crippen LogP contribution in [-0.2, 0) is 14.3 Å². The number of carbonyl (C=O) groups excluding carboxylic acids is 3. The molecule has 0 saturated heterocycles. The summed E-state index contributed by atoms with van der Waals surface area (Å²) >= 11 is 7.14. The van der Waals surface area contributed by atoms with Crippen molar-refractivity contribution in [1.29, 1.82) is 0 Å². The molecule has 3 aromatic rings. The fraction of sp³-hybridized carbons (Fsp3) is 0.227. The fourth-order valence-corrected chi connectivity index (χ4v) is 4.45. The van der Waals surface area contributed by atoms with Crippen molar-refractivity contribution in [3.8, 4) is 5.75 Å². The minimum Gasteiger partial charge on any atom is -0.482 e. The van der Waals surface area contributed by atoms with Gasteiger partial charge in [-0.3, -0.25) is 9.59 Å². The van der Waals surface area contributed by atoms with Crippen LogP contribution < -0.4 is 15.4 Å². The molecular formula is C22H21ClN2O5S. The fourth-order valence-electron chi connectivity index (χ4n) is 2.97. The van der Waals surface area contributed by atoms with E-state index in [0.29, 0.717) is 31.5 Å². The Morgan fingerprint density at radius 2 is 1.90 bits per heavy atom. The molecule has 2 aromatic carbocycles. The van der Waals surface area contributed by atoms with Crippen molar-refractivity contribution in [1.82, 2.24) is 0 Å². The highest BCUT2D eigenvalue weighted by atomic mass is 35.5. The highest BCUT2D eigenvalue weighted by molar-refractivity contribution is 7.24.